The summed E-state index contributed by atoms with van der Waals surface area (Å²) in [5.41, 5.74) is 5.42. The van der Waals surface area contributed by atoms with Gasteiger partial charge in [0.15, 0.2) is 0 Å². The van der Waals surface area contributed by atoms with Crippen molar-refractivity contribution in [2.24, 2.45) is 5.14 Å². The van der Waals surface area contributed by atoms with E-state index in [1.165, 1.54) is 0 Å². The van der Waals surface area contributed by atoms with Crippen molar-refractivity contribution in [1.82, 2.24) is 5.32 Å². The molecule has 0 spiro atoms. The number of amides is 1. The minimum Gasteiger partial charge on any atom is -0.480 e. The molecule has 0 bridgehead atoms. The molecule has 0 saturated heterocycles. The molecule has 3 aromatic carbocycles. The van der Waals surface area contributed by atoms with E-state index in [0.717, 1.165) is 22.3 Å². The smallest absolute Gasteiger partial charge is 0.407 e. The number of hydrogen-bond donors (Lipinski definition) is 3. The number of nitrogens with one attached hydrogen (secondary N) is 1. The number of fused-ring (bicyclic) bond motifs is 3. The standard InChI is InChI=1S/C25H24N2O6S/c26-34(31,32)15-17-11-9-16(10-12-17)13-23(24(28)29)27-25(30)33-14-22-20-7-3-1-5-18(20)19-6-2-4-8-21(19)22/h1-12,22-23H,13-15H2,(H,27,30)(H,28,29)(H2,26,31,32)/t23-/m0/s1. The molecular formula is C25H24N2O6S. The first-order valence-electron chi connectivity index (χ1n) is 10.6. The van der Waals surface area contributed by atoms with Crippen LogP contribution in [0.1, 0.15) is 28.2 Å². The normalized spacial score (nSPS) is 13.6. The van der Waals surface area contributed by atoms with E-state index in [1.54, 1.807) is 24.3 Å². The van der Waals surface area contributed by atoms with Gasteiger partial charge in [0.2, 0.25) is 10.0 Å². The molecule has 0 heterocycles. The number of carbonyl (C=O) groups excluding carboxylic acids is 1. The number of primary sulfonamides is 1. The Balaban J connectivity index is 1.39. The van der Waals surface area contributed by atoms with E-state index in [9.17, 15) is 23.1 Å². The lowest BCUT2D eigenvalue weighted by Crippen LogP contribution is -2.42. The number of hydrogen-bond acceptors (Lipinski definition) is 5. The Morgan fingerprint density at radius 2 is 1.44 bits per heavy atom. The molecule has 4 N–H and O–H groups in total. The van der Waals surface area contributed by atoms with Crippen LogP contribution in [-0.4, -0.2) is 38.2 Å². The maximum Gasteiger partial charge on any atom is 0.407 e. The van der Waals surface area contributed by atoms with Crippen molar-refractivity contribution in [2.75, 3.05) is 6.61 Å². The summed E-state index contributed by atoms with van der Waals surface area (Å²) in [7, 11) is -3.66. The molecule has 1 atom stereocenters. The topological polar surface area (TPSA) is 136 Å². The van der Waals surface area contributed by atoms with Gasteiger partial charge >= 0.3 is 12.1 Å². The maximum atomic E-state index is 12.5. The molecular weight excluding hydrogens is 456 g/mol. The van der Waals surface area contributed by atoms with Gasteiger partial charge in [0.05, 0.1) is 5.75 Å². The highest BCUT2D eigenvalue weighted by Crippen LogP contribution is 2.44. The van der Waals surface area contributed by atoms with E-state index in [0.29, 0.717) is 11.1 Å². The summed E-state index contributed by atoms with van der Waals surface area (Å²) in [5.74, 6) is -1.65. The van der Waals surface area contributed by atoms with Gasteiger partial charge in [-0.05, 0) is 33.4 Å². The van der Waals surface area contributed by atoms with Gasteiger partial charge in [-0.15, -0.1) is 0 Å². The monoisotopic (exact) mass is 480 g/mol. The Hall–Kier alpha value is -3.69. The number of carboxylic acid groups (broad SMARTS) is 1. The molecule has 0 radical (unpaired) electrons. The molecule has 1 aliphatic carbocycles. The van der Waals surface area contributed by atoms with Crippen LogP contribution in [0.2, 0.25) is 0 Å². The summed E-state index contributed by atoms with van der Waals surface area (Å²) in [6.07, 6.45) is -0.810. The molecule has 0 saturated carbocycles. The maximum absolute atomic E-state index is 12.5. The number of carbonyl (C=O) groups is 2. The molecule has 176 valence electrons. The third kappa shape index (κ3) is 5.44. The lowest BCUT2D eigenvalue weighted by Gasteiger charge is -2.17. The van der Waals surface area contributed by atoms with Crippen LogP contribution in [0.25, 0.3) is 11.1 Å². The van der Waals surface area contributed by atoms with Crippen molar-refractivity contribution >= 4 is 22.1 Å². The van der Waals surface area contributed by atoms with Crippen molar-refractivity contribution in [1.29, 1.82) is 0 Å². The number of rotatable bonds is 8. The van der Waals surface area contributed by atoms with Gasteiger partial charge in [0.25, 0.3) is 0 Å². The zero-order chi connectivity index (χ0) is 24.3. The highest BCUT2D eigenvalue weighted by Gasteiger charge is 2.29. The molecule has 3 aromatic rings. The van der Waals surface area contributed by atoms with Crippen molar-refractivity contribution < 1.29 is 27.9 Å². The molecule has 34 heavy (non-hydrogen) atoms. The predicted molar refractivity (Wildman–Crippen MR) is 127 cm³/mol. The first-order valence-corrected chi connectivity index (χ1v) is 12.4. The molecule has 0 unspecified atom stereocenters. The van der Waals surface area contributed by atoms with E-state index in [-0.39, 0.29) is 24.7 Å². The van der Waals surface area contributed by atoms with Crippen molar-refractivity contribution in [3.8, 4) is 11.1 Å². The predicted octanol–water partition coefficient (Wildman–Crippen LogP) is 3.01. The van der Waals surface area contributed by atoms with Gasteiger partial charge in [0, 0.05) is 12.3 Å². The second kappa shape index (κ2) is 9.66. The average molecular weight is 481 g/mol. The molecule has 1 amide bonds. The van der Waals surface area contributed by atoms with E-state index in [1.807, 2.05) is 48.5 Å². The highest BCUT2D eigenvalue weighted by atomic mass is 32.2. The number of benzene rings is 3. The third-order valence-electron chi connectivity index (χ3n) is 5.76. The third-order valence-corrected chi connectivity index (χ3v) is 6.50. The molecule has 0 aliphatic heterocycles. The van der Waals surface area contributed by atoms with E-state index < -0.39 is 28.1 Å². The quantitative estimate of drug-likeness (QED) is 0.453. The van der Waals surface area contributed by atoms with Crippen LogP contribution in [0.5, 0.6) is 0 Å². The molecule has 4 rings (SSSR count). The zero-order valence-electron chi connectivity index (χ0n) is 18.2. The van der Waals surface area contributed by atoms with Crippen LogP contribution in [-0.2, 0) is 31.7 Å². The van der Waals surface area contributed by atoms with Crippen LogP contribution >= 0.6 is 0 Å². The zero-order valence-corrected chi connectivity index (χ0v) is 19.0. The first-order chi connectivity index (χ1) is 16.2. The van der Waals surface area contributed by atoms with Gasteiger partial charge in [-0.25, -0.2) is 23.1 Å². The van der Waals surface area contributed by atoms with Crippen LogP contribution in [0.15, 0.2) is 72.8 Å². The fourth-order valence-electron chi connectivity index (χ4n) is 4.22. The van der Waals surface area contributed by atoms with Crippen LogP contribution in [0.4, 0.5) is 4.79 Å². The number of sulfonamides is 1. The Kier molecular flexibility index (Phi) is 6.67. The summed E-state index contributed by atoms with van der Waals surface area (Å²) in [4.78, 5) is 24.2. The number of aliphatic carboxylic acids is 1. The summed E-state index contributed by atoms with van der Waals surface area (Å²) < 4.78 is 27.8. The van der Waals surface area contributed by atoms with Gasteiger partial charge in [0.1, 0.15) is 12.6 Å². The second-order valence-electron chi connectivity index (χ2n) is 8.19. The van der Waals surface area contributed by atoms with Crippen molar-refractivity contribution in [3.63, 3.8) is 0 Å². The lowest BCUT2D eigenvalue weighted by atomic mass is 9.98. The Bertz CT molecular complexity index is 1280. The fourth-order valence-corrected chi connectivity index (χ4v) is 4.88. The SMILES string of the molecule is NS(=O)(=O)Cc1ccc(C[C@H](NC(=O)OCC2c3ccccc3-c3ccccc32)C(=O)O)cc1. The first kappa shape index (κ1) is 23.5. The Morgan fingerprint density at radius 1 is 0.912 bits per heavy atom. The largest absolute Gasteiger partial charge is 0.480 e. The van der Waals surface area contributed by atoms with E-state index in [4.69, 9.17) is 9.88 Å². The van der Waals surface area contributed by atoms with E-state index >= 15 is 0 Å². The Labute approximate surface area is 197 Å². The van der Waals surface area contributed by atoms with Gasteiger partial charge in [-0.1, -0.05) is 72.8 Å². The number of alkyl carbamates (subject to hydrolysis) is 1. The molecule has 8 nitrogen and oxygen atoms in total. The van der Waals surface area contributed by atoms with Gasteiger partial charge in [-0.3, -0.25) is 0 Å². The van der Waals surface area contributed by atoms with Crippen LogP contribution in [0.3, 0.4) is 0 Å². The number of nitrogens with two attached hydrogens (primary N) is 1. The number of carboxylic acids is 1. The van der Waals surface area contributed by atoms with Crippen molar-refractivity contribution in [3.05, 3.63) is 95.1 Å². The second-order valence-corrected chi connectivity index (χ2v) is 9.80. The summed E-state index contributed by atoms with van der Waals surface area (Å²) in [6, 6.07) is 21.0. The summed E-state index contributed by atoms with van der Waals surface area (Å²) >= 11 is 0. The lowest BCUT2D eigenvalue weighted by molar-refractivity contribution is -0.139. The highest BCUT2D eigenvalue weighted by molar-refractivity contribution is 7.88. The van der Waals surface area contributed by atoms with E-state index in [2.05, 4.69) is 5.32 Å². The fraction of sp³-hybridized carbons (Fsp3) is 0.200. The van der Waals surface area contributed by atoms with Gasteiger partial charge in [-0.2, -0.15) is 0 Å². The minimum atomic E-state index is -3.66. The summed E-state index contributed by atoms with van der Waals surface area (Å²) in [6.45, 7) is 0.0778. The van der Waals surface area contributed by atoms with Crippen molar-refractivity contribution in [2.45, 2.75) is 24.1 Å². The average Bonchev–Trinajstić information content (AvgIpc) is 3.11. The molecule has 0 aromatic heterocycles. The molecule has 9 heteroatoms. The van der Waals surface area contributed by atoms with Crippen LogP contribution in [0, 0.1) is 0 Å². The molecule has 0 fully saturated rings. The molecule has 1 aliphatic rings. The minimum absolute atomic E-state index is 0.00911. The summed E-state index contributed by atoms with van der Waals surface area (Å²) in [5, 5.41) is 17.0. The van der Waals surface area contributed by atoms with Gasteiger partial charge < -0.3 is 15.2 Å². The Morgan fingerprint density at radius 3 is 1.97 bits per heavy atom. The number of ether oxygens (including phenoxy) is 1. The van der Waals surface area contributed by atoms with Crippen LogP contribution < -0.4 is 10.5 Å².